The van der Waals surface area contributed by atoms with Gasteiger partial charge in [-0.3, -0.25) is 14.7 Å². The number of aromatic nitrogens is 1. The van der Waals surface area contributed by atoms with E-state index < -0.39 is 0 Å². The lowest BCUT2D eigenvalue weighted by Crippen LogP contribution is -2.38. The maximum atomic E-state index is 12.4. The van der Waals surface area contributed by atoms with Crippen LogP contribution in [-0.4, -0.2) is 59.0 Å². The SMILES string of the molecule is CC(C)=CCN1CC[C@H]2[C@@H]1CC(=O)N2CCCOc1cccnc1. The molecule has 0 N–H and O–H groups in total. The predicted octanol–water partition coefficient (Wildman–Crippen LogP) is 2.49. The number of carbonyl (C=O) groups is 1. The summed E-state index contributed by atoms with van der Waals surface area (Å²) in [5.74, 6) is 1.09. The molecule has 0 aliphatic carbocycles. The van der Waals surface area contributed by atoms with E-state index in [1.54, 1.807) is 12.4 Å². The zero-order chi connectivity index (χ0) is 16.9. The number of pyridine rings is 1. The normalized spacial score (nSPS) is 23.4. The molecule has 0 aromatic carbocycles. The van der Waals surface area contributed by atoms with E-state index in [-0.39, 0.29) is 0 Å². The van der Waals surface area contributed by atoms with Crippen LogP contribution in [0.5, 0.6) is 5.75 Å². The molecule has 1 aromatic rings. The van der Waals surface area contributed by atoms with Crippen LogP contribution >= 0.6 is 0 Å². The van der Waals surface area contributed by atoms with Gasteiger partial charge in [-0.1, -0.05) is 11.6 Å². The van der Waals surface area contributed by atoms with Gasteiger partial charge in [0, 0.05) is 44.3 Å². The lowest BCUT2D eigenvalue weighted by Gasteiger charge is -2.25. The molecule has 1 aromatic heterocycles. The van der Waals surface area contributed by atoms with Gasteiger partial charge in [0.15, 0.2) is 0 Å². The van der Waals surface area contributed by atoms with E-state index in [0.29, 0.717) is 31.0 Å². The van der Waals surface area contributed by atoms with Crippen LogP contribution in [0.3, 0.4) is 0 Å². The van der Waals surface area contributed by atoms with Crippen LogP contribution in [0.15, 0.2) is 36.2 Å². The van der Waals surface area contributed by atoms with Gasteiger partial charge in [0.2, 0.25) is 5.91 Å². The summed E-state index contributed by atoms with van der Waals surface area (Å²) in [6, 6.07) is 4.56. The van der Waals surface area contributed by atoms with E-state index in [0.717, 1.165) is 38.2 Å². The molecule has 2 saturated heterocycles. The third kappa shape index (κ3) is 3.96. The second-order valence-electron chi connectivity index (χ2n) is 6.88. The van der Waals surface area contributed by atoms with Gasteiger partial charge in [-0.2, -0.15) is 0 Å². The zero-order valence-corrected chi connectivity index (χ0v) is 14.6. The fourth-order valence-corrected chi connectivity index (χ4v) is 3.68. The van der Waals surface area contributed by atoms with Crippen LogP contribution in [0.2, 0.25) is 0 Å². The molecule has 2 aliphatic rings. The molecule has 130 valence electrons. The number of hydrogen-bond donors (Lipinski definition) is 0. The number of carbonyl (C=O) groups excluding carboxylic acids is 1. The molecule has 0 bridgehead atoms. The first-order chi connectivity index (χ1) is 11.6. The molecule has 0 saturated carbocycles. The molecule has 0 unspecified atom stereocenters. The van der Waals surface area contributed by atoms with Crippen molar-refractivity contribution in [2.24, 2.45) is 0 Å². The van der Waals surface area contributed by atoms with Gasteiger partial charge >= 0.3 is 0 Å². The number of nitrogens with zero attached hydrogens (tertiary/aromatic N) is 3. The smallest absolute Gasteiger partial charge is 0.224 e. The average Bonchev–Trinajstić information content (AvgIpc) is 3.09. The van der Waals surface area contributed by atoms with Crippen LogP contribution in [0.4, 0.5) is 0 Å². The van der Waals surface area contributed by atoms with Gasteiger partial charge in [0.25, 0.3) is 0 Å². The van der Waals surface area contributed by atoms with Crippen molar-refractivity contribution >= 4 is 5.91 Å². The largest absolute Gasteiger partial charge is 0.492 e. The molecule has 5 heteroatoms. The first kappa shape index (κ1) is 17.0. The Morgan fingerprint density at radius 2 is 2.29 bits per heavy atom. The first-order valence-corrected chi connectivity index (χ1v) is 8.85. The van der Waals surface area contributed by atoms with Crippen LogP contribution in [0.1, 0.15) is 33.1 Å². The molecule has 24 heavy (non-hydrogen) atoms. The quantitative estimate of drug-likeness (QED) is 0.569. The Morgan fingerprint density at radius 3 is 3.04 bits per heavy atom. The summed E-state index contributed by atoms with van der Waals surface area (Å²) in [6.07, 6.45) is 8.34. The molecule has 2 atom stereocenters. The van der Waals surface area contributed by atoms with Crippen molar-refractivity contribution < 1.29 is 9.53 Å². The molecule has 5 nitrogen and oxygen atoms in total. The standard InChI is InChI=1S/C19H27N3O2/c1-15(2)6-10-21-11-7-17-18(21)13-19(23)22(17)9-4-12-24-16-5-3-8-20-14-16/h3,5-6,8,14,17-18H,4,7,9-13H2,1-2H3/t17-,18-/m0/s1. The number of hydrogen-bond acceptors (Lipinski definition) is 4. The van der Waals surface area contributed by atoms with E-state index in [9.17, 15) is 4.79 Å². The second kappa shape index (κ2) is 7.79. The minimum atomic E-state index is 0.299. The van der Waals surface area contributed by atoms with Gasteiger partial charge in [-0.05, 0) is 38.8 Å². The van der Waals surface area contributed by atoms with Gasteiger partial charge < -0.3 is 9.64 Å². The average molecular weight is 329 g/mol. The number of allylic oxidation sites excluding steroid dienone is 1. The van der Waals surface area contributed by atoms with Crippen molar-refractivity contribution in [3.63, 3.8) is 0 Å². The summed E-state index contributed by atoms with van der Waals surface area (Å²) in [5.41, 5.74) is 1.34. The highest BCUT2D eigenvalue weighted by Gasteiger charge is 2.45. The summed E-state index contributed by atoms with van der Waals surface area (Å²) in [4.78, 5) is 20.9. The highest BCUT2D eigenvalue weighted by Crippen LogP contribution is 2.32. The molecule has 0 spiro atoms. The molecule has 3 heterocycles. The molecule has 2 aliphatic heterocycles. The molecule has 3 rings (SSSR count). The van der Waals surface area contributed by atoms with Crippen LogP contribution in [0, 0.1) is 0 Å². The van der Waals surface area contributed by atoms with Gasteiger partial charge in [0.1, 0.15) is 5.75 Å². The van der Waals surface area contributed by atoms with Crippen molar-refractivity contribution in [2.45, 2.75) is 45.2 Å². The summed E-state index contributed by atoms with van der Waals surface area (Å²) in [5, 5.41) is 0. The van der Waals surface area contributed by atoms with Gasteiger partial charge in [-0.15, -0.1) is 0 Å². The Hall–Kier alpha value is -1.88. The Kier molecular flexibility index (Phi) is 5.51. The lowest BCUT2D eigenvalue weighted by atomic mass is 10.1. The number of fused-ring (bicyclic) bond motifs is 1. The molecule has 2 fully saturated rings. The lowest BCUT2D eigenvalue weighted by molar-refractivity contribution is -0.129. The highest BCUT2D eigenvalue weighted by molar-refractivity contribution is 5.80. The fraction of sp³-hybridized carbons (Fsp3) is 0.579. The van der Waals surface area contributed by atoms with E-state index >= 15 is 0 Å². The maximum absolute atomic E-state index is 12.4. The topological polar surface area (TPSA) is 45.7 Å². The van der Waals surface area contributed by atoms with Crippen LogP contribution in [0.25, 0.3) is 0 Å². The van der Waals surface area contributed by atoms with Crippen LogP contribution in [-0.2, 0) is 4.79 Å². The summed E-state index contributed by atoms with van der Waals surface area (Å²) in [7, 11) is 0. The van der Waals surface area contributed by atoms with Crippen molar-refractivity contribution in [3.8, 4) is 5.75 Å². The molecular weight excluding hydrogens is 302 g/mol. The van der Waals surface area contributed by atoms with Crippen molar-refractivity contribution in [3.05, 3.63) is 36.2 Å². The Labute approximate surface area is 144 Å². The second-order valence-corrected chi connectivity index (χ2v) is 6.88. The van der Waals surface area contributed by atoms with E-state index in [4.69, 9.17) is 4.74 Å². The maximum Gasteiger partial charge on any atom is 0.224 e. The number of rotatable bonds is 7. The van der Waals surface area contributed by atoms with Crippen molar-refractivity contribution in [1.82, 2.24) is 14.8 Å². The third-order valence-corrected chi connectivity index (χ3v) is 4.91. The van der Waals surface area contributed by atoms with E-state index in [1.807, 2.05) is 12.1 Å². The van der Waals surface area contributed by atoms with Gasteiger partial charge in [-0.25, -0.2) is 0 Å². The Balaban J connectivity index is 1.47. The monoisotopic (exact) mass is 329 g/mol. The number of amides is 1. The summed E-state index contributed by atoms with van der Waals surface area (Å²) < 4.78 is 5.68. The Morgan fingerprint density at radius 1 is 1.42 bits per heavy atom. The molecule has 0 radical (unpaired) electrons. The van der Waals surface area contributed by atoms with E-state index in [1.165, 1.54) is 5.57 Å². The zero-order valence-electron chi connectivity index (χ0n) is 14.6. The highest BCUT2D eigenvalue weighted by atomic mass is 16.5. The Bertz CT molecular complexity index is 584. The van der Waals surface area contributed by atoms with Crippen molar-refractivity contribution in [1.29, 1.82) is 0 Å². The number of likely N-dealkylation sites (tertiary alicyclic amines) is 2. The minimum absolute atomic E-state index is 0.299. The van der Waals surface area contributed by atoms with Crippen LogP contribution < -0.4 is 4.74 Å². The van der Waals surface area contributed by atoms with Gasteiger partial charge in [0.05, 0.1) is 12.8 Å². The predicted molar refractivity (Wildman–Crippen MR) is 93.9 cm³/mol. The molecular formula is C19H27N3O2. The minimum Gasteiger partial charge on any atom is -0.492 e. The first-order valence-electron chi connectivity index (χ1n) is 8.85. The summed E-state index contributed by atoms with van der Waals surface area (Å²) in [6.45, 7) is 7.72. The van der Waals surface area contributed by atoms with Crippen molar-refractivity contribution in [2.75, 3.05) is 26.2 Å². The third-order valence-electron chi connectivity index (χ3n) is 4.91. The number of ether oxygens (including phenoxy) is 1. The van der Waals surface area contributed by atoms with E-state index in [2.05, 4.69) is 34.7 Å². The fourth-order valence-electron chi connectivity index (χ4n) is 3.68. The summed E-state index contributed by atoms with van der Waals surface area (Å²) >= 11 is 0. The molecule has 1 amide bonds.